The van der Waals surface area contributed by atoms with Gasteiger partial charge in [0.05, 0.1) is 0 Å². The summed E-state index contributed by atoms with van der Waals surface area (Å²) < 4.78 is 1.50. The average molecular weight is 236 g/mol. The number of aromatic nitrogens is 4. The fourth-order valence-corrected chi connectivity index (χ4v) is 1.76. The van der Waals surface area contributed by atoms with E-state index in [0.29, 0.717) is 17.7 Å². The quantitative estimate of drug-likeness (QED) is 0.832. The third-order valence-electron chi connectivity index (χ3n) is 2.65. The molecular formula is C11H16N4O2. The average Bonchev–Trinajstić information content (AvgIpc) is 2.69. The Balaban J connectivity index is 2.80. The Hall–Kier alpha value is -1.85. The lowest BCUT2D eigenvalue weighted by atomic mass is 10.2. The van der Waals surface area contributed by atoms with Crippen LogP contribution in [0, 0.1) is 0 Å². The number of fused-ring (bicyclic) bond motifs is 1. The minimum Gasteiger partial charge on any atom is -0.336 e. The monoisotopic (exact) mass is 236 g/mol. The molecular weight excluding hydrogens is 220 g/mol. The van der Waals surface area contributed by atoms with E-state index in [0.717, 1.165) is 12.2 Å². The van der Waals surface area contributed by atoms with Gasteiger partial charge < -0.3 is 4.98 Å². The molecule has 6 heteroatoms. The van der Waals surface area contributed by atoms with Gasteiger partial charge in [0.25, 0.3) is 5.56 Å². The molecule has 0 aliphatic heterocycles. The summed E-state index contributed by atoms with van der Waals surface area (Å²) in [6.07, 6.45) is 0.810. The molecule has 0 saturated heterocycles. The first-order chi connectivity index (χ1) is 8.04. The second kappa shape index (κ2) is 4.20. The van der Waals surface area contributed by atoms with Crippen molar-refractivity contribution in [2.24, 2.45) is 0 Å². The zero-order chi connectivity index (χ0) is 12.6. The molecule has 17 heavy (non-hydrogen) atoms. The minimum absolute atomic E-state index is 0.187. The van der Waals surface area contributed by atoms with Gasteiger partial charge in [0.1, 0.15) is 11.3 Å². The molecule has 0 aromatic carbocycles. The van der Waals surface area contributed by atoms with Gasteiger partial charge in [-0.2, -0.15) is 0 Å². The van der Waals surface area contributed by atoms with Crippen molar-refractivity contribution in [3.05, 3.63) is 26.7 Å². The van der Waals surface area contributed by atoms with Crippen LogP contribution >= 0.6 is 0 Å². The Bertz CT molecular complexity index is 648. The largest absolute Gasteiger partial charge is 0.336 e. The van der Waals surface area contributed by atoms with Crippen molar-refractivity contribution < 1.29 is 0 Å². The van der Waals surface area contributed by atoms with Gasteiger partial charge in [-0.25, -0.2) is 9.78 Å². The first-order valence-electron chi connectivity index (χ1n) is 5.77. The fraction of sp³-hybridized carbons (Fsp3) is 0.545. The van der Waals surface area contributed by atoms with Gasteiger partial charge in [-0.3, -0.25) is 14.3 Å². The van der Waals surface area contributed by atoms with E-state index in [4.69, 9.17) is 0 Å². The second-order valence-electron chi connectivity index (χ2n) is 4.39. The fourth-order valence-electron chi connectivity index (χ4n) is 1.76. The number of aryl methyl sites for hydroxylation is 1. The number of hydrogen-bond donors (Lipinski definition) is 2. The van der Waals surface area contributed by atoms with E-state index in [2.05, 4.69) is 15.0 Å². The van der Waals surface area contributed by atoms with Crippen molar-refractivity contribution in [1.82, 2.24) is 19.5 Å². The molecule has 0 radical (unpaired) electrons. The molecule has 2 N–H and O–H groups in total. The molecule has 0 unspecified atom stereocenters. The molecule has 0 bridgehead atoms. The summed E-state index contributed by atoms with van der Waals surface area (Å²) in [6.45, 7) is 6.48. The summed E-state index contributed by atoms with van der Waals surface area (Å²) in [4.78, 5) is 32.9. The van der Waals surface area contributed by atoms with E-state index < -0.39 is 11.2 Å². The molecule has 0 amide bonds. The molecule has 0 saturated carbocycles. The molecule has 0 spiro atoms. The van der Waals surface area contributed by atoms with E-state index in [1.807, 2.05) is 20.8 Å². The summed E-state index contributed by atoms with van der Waals surface area (Å²) >= 11 is 0. The van der Waals surface area contributed by atoms with Crippen LogP contribution in [0.3, 0.4) is 0 Å². The molecule has 92 valence electrons. The highest BCUT2D eigenvalue weighted by atomic mass is 16.2. The van der Waals surface area contributed by atoms with Gasteiger partial charge >= 0.3 is 5.69 Å². The van der Waals surface area contributed by atoms with E-state index in [9.17, 15) is 9.59 Å². The topological polar surface area (TPSA) is 83.5 Å². The standard InChI is InChI=1S/C11H16N4O2/c1-4-5-15-9-7(10(16)14-11(15)17)12-8(13-9)6(2)3/h6H,4-5H2,1-3H3,(H,12,13)(H,14,16,17). The van der Waals surface area contributed by atoms with E-state index in [-0.39, 0.29) is 5.92 Å². The van der Waals surface area contributed by atoms with Crippen molar-refractivity contribution in [3.63, 3.8) is 0 Å². The van der Waals surface area contributed by atoms with Crippen LogP contribution in [0.4, 0.5) is 0 Å². The van der Waals surface area contributed by atoms with Crippen molar-refractivity contribution in [1.29, 1.82) is 0 Å². The first kappa shape index (κ1) is 11.6. The highest BCUT2D eigenvalue weighted by molar-refractivity contribution is 5.69. The summed E-state index contributed by atoms with van der Waals surface area (Å²) in [6, 6.07) is 0. The second-order valence-corrected chi connectivity index (χ2v) is 4.39. The van der Waals surface area contributed by atoms with Crippen molar-refractivity contribution in [2.45, 2.75) is 39.7 Å². The number of hydrogen-bond acceptors (Lipinski definition) is 3. The number of nitrogens with zero attached hydrogens (tertiary/aromatic N) is 2. The maximum absolute atomic E-state index is 11.7. The van der Waals surface area contributed by atoms with Crippen LogP contribution in [0.2, 0.25) is 0 Å². The molecule has 2 aromatic heterocycles. The molecule has 6 nitrogen and oxygen atoms in total. The first-order valence-corrected chi connectivity index (χ1v) is 5.77. The number of H-pyrrole nitrogens is 2. The molecule has 2 heterocycles. The normalized spacial score (nSPS) is 11.5. The van der Waals surface area contributed by atoms with Gasteiger partial charge in [-0.15, -0.1) is 0 Å². The number of nitrogens with one attached hydrogen (secondary N) is 2. The summed E-state index contributed by atoms with van der Waals surface area (Å²) in [5.41, 5.74) is 0.0222. The van der Waals surface area contributed by atoms with Crippen molar-refractivity contribution in [2.75, 3.05) is 0 Å². The number of aromatic amines is 2. The van der Waals surface area contributed by atoms with E-state index in [1.165, 1.54) is 4.57 Å². The maximum atomic E-state index is 11.7. The van der Waals surface area contributed by atoms with Crippen LogP contribution in [-0.4, -0.2) is 19.5 Å². The lowest BCUT2D eigenvalue weighted by Gasteiger charge is -2.02. The molecule has 2 rings (SSSR count). The van der Waals surface area contributed by atoms with Gasteiger partial charge in [-0.05, 0) is 6.42 Å². The van der Waals surface area contributed by atoms with Gasteiger partial charge in [0, 0.05) is 12.5 Å². The Morgan fingerprint density at radius 1 is 1.29 bits per heavy atom. The molecule has 0 atom stereocenters. The van der Waals surface area contributed by atoms with E-state index >= 15 is 0 Å². The zero-order valence-corrected chi connectivity index (χ0v) is 10.2. The van der Waals surface area contributed by atoms with Crippen molar-refractivity contribution >= 4 is 11.2 Å². The number of rotatable bonds is 3. The molecule has 0 aliphatic rings. The van der Waals surface area contributed by atoms with E-state index in [1.54, 1.807) is 0 Å². The summed E-state index contributed by atoms with van der Waals surface area (Å²) in [5.74, 6) is 0.910. The highest BCUT2D eigenvalue weighted by Crippen LogP contribution is 2.13. The Morgan fingerprint density at radius 3 is 2.59 bits per heavy atom. The van der Waals surface area contributed by atoms with Gasteiger partial charge in [0.15, 0.2) is 5.65 Å². The van der Waals surface area contributed by atoms with Crippen LogP contribution in [0.5, 0.6) is 0 Å². The zero-order valence-electron chi connectivity index (χ0n) is 10.2. The van der Waals surface area contributed by atoms with Crippen molar-refractivity contribution in [3.8, 4) is 0 Å². The van der Waals surface area contributed by atoms with Crippen LogP contribution in [0.25, 0.3) is 11.2 Å². The van der Waals surface area contributed by atoms with Gasteiger partial charge in [-0.1, -0.05) is 20.8 Å². The smallest absolute Gasteiger partial charge is 0.330 e. The molecule has 0 aliphatic carbocycles. The van der Waals surface area contributed by atoms with Crippen LogP contribution in [-0.2, 0) is 6.54 Å². The predicted molar refractivity (Wildman–Crippen MR) is 65.4 cm³/mol. The third kappa shape index (κ3) is 1.90. The van der Waals surface area contributed by atoms with Crippen LogP contribution in [0.15, 0.2) is 9.59 Å². The summed E-state index contributed by atoms with van der Waals surface area (Å²) in [5, 5.41) is 0. The Labute approximate surface area is 97.7 Å². The lowest BCUT2D eigenvalue weighted by Crippen LogP contribution is -2.30. The Kier molecular flexibility index (Phi) is 2.87. The Morgan fingerprint density at radius 2 is 2.00 bits per heavy atom. The number of imidazole rings is 1. The third-order valence-corrected chi connectivity index (χ3v) is 2.65. The highest BCUT2D eigenvalue weighted by Gasteiger charge is 2.13. The lowest BCUT2D eigenvalue weighted by molar-refractivity contribution is 0.651. The molecule has 2 aromatic rings. The maximum Gasteiger partial charge on any atom is 0.330 e. The van der Waals surface area contributed by atoms with Crippen LogP contribution < -0.4 is 11.2 Å². The van der Waals surface area contributed by atoms with Gasteiger partial charge in [0.2, 0.25) is 0 Å². The van der Waals surface area contributed by atoms with Crippen LogP contribution in [0.1, 0.15) is 38.9 Å². The predicted octanol–water partition coefficient (Wildman–Crippen LogP) is 0.946. The minimum atomic E-state index is -0.406. The molecule has 0 fully saturated rings. The SMILES string of the molecule is CCCn1c(=O)[nH]c(=O)c2[nH]c(C(C)C)nc21. The summed E-state index contributed by atoms with van der Waals surface area (Å²) in [7, 11) is 0.